The summed E-state index contributed by atoms with van der Waals surface area (Å²) in [6.45, 7) is 4.17. The molecule has 0 aliphatic heterocycles. The van der Waals surface area contributed by atoms with Crippen LogP contribution in [0.2, 0.25) is 4.34 Å². The van der Waals surface area contributed by atoms with Gasteiger partial charge in [-0.1, -0.05) is 11.6 Å². The highest BCUT2D eigenvalue weighted by Crippen LogP contribution is 2.26. The summed E-state index contributed by atoms with van der Waals surface area (Å²) in [5.74, 6) is 0. The van der Waals surface area contributed by atoms with Crippen LogP contribution in [0, 0.1) is 0 Å². The number of rotatable bonds is 4. The molecule has 0 aromatic carbocycles. The molecule has 0 bridgehead atoms. The average Bonchev–Trinajstić information content (AvgIpc) is 2.51. The van der Waals surface area contributed by atoms with Crippen molar-refractivity contribution in [2.24, 2.45) is 0 Å². The van der Waals surface area contributed by atoms with Gasteiger partial charge in [0.2, 0.25) is 0 Å². The minimum absolute atomic E-state index is 0.121. The van der Waals surface area contributed by atoms with E-state index in [0.717, 1.165) is 4.34 Å². The molecule has 2 nitrogen and oxygen atoms in total. The Bertz CT molecular complexity index is 264. The second-order valence-electron chi connectivity index (χ2n) is 3.11. The molecule has 1 aromatic heterocycles. The molecule has 0 radical (unpaired) electrons. The van der Waals surface area contributed by atoms with Crippen LogP contribution >= 0.6 is 22.9 Å². The van der Waals surface area contributed by atoms with Crippen LogP contribution in [0.25, 0.3) is 0 Å². The van der Waals surface area contributed by atoms with Crippen LogP contribution in [0.15, 0.2) is 12.1 Å². The van der Waals surface area contributed by atoms with E-state index in [2.05, 4.69) is 12.2 Å². The Morgan fingerprint density at radius 3 is 2.69 bits per heavy atom. The highest BCUT2D eigenvalue weighted by Gasteiger charge is 2.10. The van der Waals surface area contributed by atoms with Gasteiger partial charge in [0.25, 0.3) is 0 Å². The maximum absolute atomic E-state index is 8.85. The van der Waals surface area contributed by atoms with Gasteiger partial charge in [-0.25, -0.2) is 0 Å². The predicted molar refractivity (Wildman–Crippen MR) is 57.4 cm³/mol. The Morgan fingerprint density at radius 2 is 2.23 bits per heavy atom. The van der Waals surface area contributed by atoms with Crippen LogP contribution in [0.1, 0.15) is 24.8 Å². The lowest BCUT2D eigenvalue weighted by molar-refractivity contribution is 0.243. The van der Waals surface area contributed by atoms with E-state index in [1.807, 2.05) is 19.1 Å². The van der Waals surface area contributed by atoms with E-state index in [0.29, 0.717) is 0 Å². The molecular formula is C9H14ClNOS. The summed E-state index contributed by atoms with van der Waals surface area (Å²) >= 11 is 7.39. The van der Waals surface area contributed by atoms with E-state index in [9.17, 15) is 0 Å². The van der Waals surface area contributed by atoms with Gasteiger partial charge < -0.3 is 10.4 Å². The molecule has 13 heavy (non-hydrogen) atoms. The van der Waals surface area contributed by atoms with Crippen molar-refractivity contribution in [3.63, 3.8) is 0 Å². The normalized spacial score (nSPS) is 15.7. The number of nitrogens with one attached hydrogen (secondary N) is 1. The summed E-state index contributed by atoms with van der Waals surface area (Å²) in [5, 5.41) is 12.1. The van der Waals surface area contributed by atoms with Crippen molar-refractivity contribution in [1.29, 1.82) is 0 Å². The van der Waals surface area contributed by atoms with Crippen LogP contribution in [-0.2, 0) is 0 Å². The Hall–Kier alpha value is -0.0900. The van der Waals surface area contributed by atoms with Crippen molar-refractivity contribution >= 4 is 22.9 Å². The molecule has 0 amide bonds. The van der Waals surface area contributed by atoms with Crippen LogP contribution in [0.3, 0.4) is 0 Å². The second kappa shape index (κ2) is 4.96. The Morgan fingerprint density at radius 1 is 1.54 bits per heavy atom. The molecule has 1 heterocycles. The fourth-order valence-corrected chi connectivity index (χ4v) is 2.20. The van der Waals surface area contributed by atoms with Crippen LogP contribution < -0.4 is 5.32 Å². The summed E-state index contributed by atoms with van der Waals surface area (Å²) in [6, 6.07) is 4.27. The molecule has 0 saturated carbocycles. The lowest BCUT2D eigenvalue weighted by Crippen LogP contribution is -2.31. The third-order valence-corrected chi connectivity index (χ3v) is 3.24. The van der Waals surface area contributed by atoms with Gasteiger partial charge in [0.15, 0.2) is 0 Å². The maximum atomic E-state index is 8.85. The van der Waals surface area contributed by atoms with E-state index in [1.165, 1.54) is 4.88 Å². The molecule has 4 heteroatoms. The quantitative estimate of drug-likeness (QED) is 0.816. The molecule has 2 atom stereocenters. The third-order valence-electron chi connectivity index (χ3n) is 1.83. The van der Waals surface area contributed by atoms with Gasteiger partial charge in [-0.15, -0.1) is 11.3 Å². The highest BCUT2D eigenvalue weighted by atomic mass is 35.5. The molecule has 0 saturated heterocycles. The van der Waals surface area contributed by atoms with Gasteiger partial charge in [0.1, 0.15) is 0 Å². The fourth-order valence-electron chi connectivity index (χ4n) is 1.12. The van der Waals surface area contributed by atoms with Gasteiger partial charge in [-0.3, -0.25) is 0 Å². The van der Waals surface area contributed by atoms with Crippen molar-refractivity contribution in [3.05, 3.63) is 21.3 Å². The zero-order chi connectivity index (χ0) is 9.84. The first-order valence-corrected chi connectivity index (χ1v) is 5.45. The molecule has 2 unspecified atom stereocenters. The Kier molecular flexibility index (Phi) is 4.19. The molecule has 0 spiro atoms. The van der Waals surface area contributed by atoms with Gasteiger partial charge in [-0.05, 0) is 26.0 Å². The molecule has 0 aliphatic carbocycles. The molecule has 74 valence electrons. The first-order chi connectivity index (χ1) is 6.13. The number of halogens is 1. The molecule has 0 fully saturated rings. The second-order valence-corrected chi connectivity index (χ2v) is 4.86. The van der Waals surface area contributed by atoms with Crippen molar-refractivity contribution in [3.8, 4) is 0 Å². The summed E-state index contributed by atoms with van der Waals surface area (Å²) in [6.07, 6.45) is 0. The van der Waals surface area contributed by atoms with E-state index in [-0.39, 0.29) is 18.7 Å². The summed E-state index contributed by atoms with van der Waals surface area (Å²) in [4.78, 5) is 1.20. The van der Waals surface area contributed by atoms with E-state index >= 15 is 0 Å². The highest BCUT2D eigenvalue weighted by molar-refractivity contribution is 7.16. The monoisotopic (exact) mass is 219 g/mol. The van der Waals surface area contributed by atoms with Crippen LogP contribution in [-0.4, -0.2) is 17.8 Å². The smallest absolute Gasteiger partial charge is 0.0931 e. The SMILES string of the molecule is CC(CO)NC(C)c1ccc(Cl)s1. The maximum Gasteiger partial charge on any atom is 0.0931 e. The van der Waals surface area contributed by atoms with Crippen molar-refractivity contribution < 1.29 is 5.11 Å². The number of aliphatic hydroxyl groups excluding tert-OH is 1. The number of thiophene rings is 1. The van der Waals surface area contributed by atoms with E-state index < -0.39 is 0 Å². The predicted octanol–water partition coefficient (Wildman–Crippen LogP) is 2.43. The fraction of sp³-hybridized carbons (Fsp3) is 0.556. The van der Waals surface area contributed by atoms with Crippen LogP contribution in [0.4, 0.5) is 0 Å². The largest absolute Gasteiger partial charge is 0.395 e. The van der Waals surface area contributed by atoms with Crippen molar-refractivity contribution in [2.75, 3.05) is 6.61 Å². The molecule has 0 aliphatic rings. The van der Waals surface area contributed by atoms with Gasteiger partial charge in [0, 0.05) is 17.0 Å². The first-order valence-electron chi connectivity index (χ1n) is 4.25. The number of hydrogen-bond acceptors (Lipinski definition) is 3. The minimum atomic E-state index is 0.121. The van der Waals surface area contributed by atoms with Crippen LogP contribution in [0.5, 0.6) is 0 Å². The summed E-state index contributed by atoms with van der Waals surface area (Å²) in [7, 11) is 0. The van der Waals surface area contributed by atoms with Crippen molar-refractivity contribution in [1.82, 2.24) is 5.32 Å². The Labute approximate surface area is 87.5 Å². The minimum Gasteiger partial charge on any atom is -0.395 e. The van der Waals surface area contributed by atoms with Gasteiger partial charge >= 0.3 is 0 Å². The number of hydrogen-bond donors (Lipinski definition) is 2. The zero-order valence-electron chi connectivity index (χ0n) is 7.75. The zero-order valence-corrected chi connectivity index (χ0v) is 9.32. The molecule has 2 N–H and O–H groups in total. The molecule has 1 rings (SSSR count). The third kappa shape index (κ3) is 3.27. The van der Waals surface area contributed by atoms with Gasteiger partial charge in [-0.2, -0.15) is 0 Å². The van der Waals surface area contributed by atoms with Crippen molar-refractivity contribution in [2.45, 2.75) is 25.9 Å². The van der Waals surface area contributed by atoms with E-state index in [4.69, 9.17) is 16.7 Å². The lowest BCUT2D eigenvalue weighted by Gasteiger charge is -2.16. The van der Waals surface area contributed by atoms with E-state index in [1.54, 1.807) is 11.3 Å². The summed E-state index contributed by atoms with van der Waals surface area (Å²) in [5.41, 5.74) is 0. The number of aliphatic hydroxyl groups is 1. The summed E-state index contributed by atoms with van der Waals surface area (Å²) < 4.78 is 0.806. The topological polar surface area (TPSA) is 32.3 Å². The first kappa shape index (κ1) is 11.0. The average molecular weight is 220 g/mol. The standard InChI is InChI=1S/C9H14ClNOS/c1-6(5-12)11-7(2)8-3-4-9(10)13-8/h3-4,6-7,11-12H,5H2,1-2H3. The van der Waals surface area contributed by atoms with Gasteiger partial charge in [0.05, 0.1) is 10.9 Å². The lowest BCUT2D eigenvalue weighted by atomic mass is 10.2. The molecule has 1 aromatic rings. The molecular weight excluding hydrogens is 206 g/mol. The Balaban J connectivity index is 2.53.